The monoisotopic (exact) mass is 401 g/mol. The number of likely N-dealkylation sites (tertiary alicyclic amines) is 1. The number of fused-ring (bicyclic) bond motifs is 1. The number of hydrogen-bond acceptors (Lipinski definition) is 7. The minimum absolute atomic E-state index is 0.115. The summed E-state index contributed by atoms with van der Waals surface area (Å²) in [5, 5.41) is 9.72. The standard InChI is InChI=1S/C18H23N7O2S/c1-12-3-5-24(6-4-12)8-13-10-28-18(21-13)22-15(26)9-25-11-19-16-14(17(25)27)7-20-23(16)2/h7,10-12H,3-6,8-9H2,1-2H3,(H,21,22,26). The summed E-state index contributed by atoms with van der Waals surface area (Å²) in [6.07, 6.45) is 5.28. The van der Waals surface area contributed by atoms with Crippen molar-refractivity contribution in [3.8, 4) is 0 Å². The van der Waals surface area contributed by atoms with Crippen LogP contribution >= 0.6 is 11.3 Å². The van der Waals surface area contributed by atoms with Crippen molar-refractivity contribution in [1.29, 1.82) is 0 Å². The predicted octanol–water partition coefficient (Wildman–Crippen LogP) is 1.46. The maximum absolute atomic E-state index is 12.4. The molecule has 3 aromatic rings. The lowest BCUT2D eigenvalue weighted by atomic mass is 9.99. The molecule has 1 fully saturated rings. The van der Waals surface area contributed by atoms with Gasteiger partial charge in [0.25, 0.3) is 5.56 Å². The van der Waals surface area contributed by atoms with Crippen LogP contribution in [0.3, 0.4) is 0 Å². The molecule has 0 aromatic carbocycles. The summed E-state index contributed by atoms with van der Waals surface area (Å²) >= 11 is 1.40. The van der Waals surface area contributed by atoms with Crippen LogP contribution in [-0.2, 0) is 24.9 Å². The van der Waals surface area contributed by atoms with Crippen LogP contribution in [0.25, 0.3) is 11.0 Å². The zero-order valence-corrected chi connectivity index (χ0v) is 16.8. The molecule has 1 saturated heterocycles. The number of aromatic nitrogens is 5. The first kappa shape index (κ1) is 18.8. The molecule has 28 heavy (non-hydrogen) atoms. The van der Waals surface area contributed by atoms with Gasteiger partial charge >= 0.3 is 0 Å². The number of carbonyl (C=O) groups excluding carboxylic acids is 1. The third kappa shape index (κ3) is 3.97. The lowest BCUT2D eigenvalue weighted by Gasteiger charge is -2.29. The highest BCUT2D eigenvalue weighted by molar-refractivity contribution is 7.13. The lowest BCUT2D eigenvalue weighted by Crippen LogP contribution is -2.32. The van der Waals surface area contributed by atoms with E-state index in [9.17, 15) is 9.59 Å². The van der Waals surface area contributed by atoms with E-state index in [-0.39, 0.29) is 18.0 Å². The first-order valence-corrected chi connectivity index (χ1v) is 10.2. The number of amides is 1. The minimum Gasteiger partial charge on any atom is -0.300 e. The molecule has 3 aromatic heterocycles. The Labute approximate surface area is 166 Å². The van der Waals surface area contributed by atoms with Crippen molar-refractivity contribution >= 4 is 33.4 Å². The van der Waals surface area contributed by atoms with Crippen molar-refractivity contribution in [1.82, 2.24) is 29.2 Å². The average Bonchev–Trinajstić information content (AvgIpc) is 3.26. The summed E-state index contributed by atoms with van der Waals surface area (Å²) in [5.74, 6) is 0.491. The van der Waals surface area contributed by atoms with Crippen molar-refractivity contribution in [2.75, 3.05) is 18.4 Å². The topological polar surface area (TPSA) is 97.9 Å². The molecule has 0 atom stereocenters. The molecule has 148 valence electrons. The average molecular weight is 401 g/mol. The summed E-state index contributed by atoms with van der Waals surface area (Å²) in [4.78, 5) is 35.9. The maximum Gasteiger partial charge on any atom is 0.264 e. The highest BCUT2D eigenvalue weighted by atomic mass is 32.1. The first-order valence-electron chi connectivity index (χ1n) is 9.33. The van der Waals surface area contributed by atoms with Gasteiger partial charge in [-0.1, -0.05) is 6.92 Å². The fourth-order valence-electron chi connectivity index (χ4n) is 3.38. The summed E-state index contributed by atoms with van der Waals surface area (Å²) in [7, 11) is 1.72. The third-order valence-electron chi connectivity index (χ3n) is 5.09. The van der Waals surface area contributed by atoms with Crippen LogP contribution in [0.1, 0.15) is 25.5 Å². The summed E-state index contributed by atoms with van der Waals surface area (Å²) in [6.45, 7) is 5.16. The number of aryl methyl sites for hydroxylation is 1. The molecule has 1 aliphatic rings. The Hall–Kier alpha value is -2.59. The van der Waals surface area contributed by atoms with Gasteiger partial charge in [0.2, 0.25) is 5.91 Å². The van der Waals surface area contributed by atoms with Gasteiger partial charge < -0.3 is 5.32 Å². The third-order valence-corrected chi connectivity index (χ3v) is 5.90. The Morgan fingerprint density at radius 3 is 2.93 bits per heavy atom. The Kier molecular flexibility index (Phi) is 5.23. The Morgan fingerprint density at radius 2 is 2.14 bits per heavy atom. The van der Waals surface area contributed by atoms with E-state index >= 15 is 0 Å². The molecule has 0 radical (unpaired) electrons. The van der Waals surface area contributed by atoms with E-state index in [1.54, 1.807) is 7.05 Å². The van der Waals surface area contributed by atoms with E-state index in [0.29, 0.717) is 16.2 Å². The van der Waals surface area contributed by atoms with Crippen LogP contribution in [0.15, 0.2) is 22.7 Å². The number of nitrogens with zero attached hydrogens (tertiary/aromatic N) is 6. The van der Waals surface area contributed by atoms with Crippen LogP contribution in [0.5, 0.6) is 0 Å². The van der Waals surface area contributed by atoms with Crippen LogP contribution in [-0.4, -0.2) is 48.2 Å². The summed E-state index contributed by atoms with van der Waals surface area (Å²) in [6, 6.07) is 0. The molecule has 0 saturated carbocycles. The highest BCUT2D eigenvalue weighted by Gasteiger charge is 2.17. The fourth-order valence-corrected chi connectivity index (χ4v) is 4.10. The van der Waals surface area contributed by atoms with Gasteiger partial charge in [-0.3, -0.25) is 23.7 Å². The number of rotatable bonds is 5. The molecule has 4 rings (SSSR count). The second-order valence-corrected chi connectivity index (χ2v) is 8.19. The van der Waals surface area contributed by atoms with Crippen molar-refractivity contribution in [2.24, 2.45) is 13.0 Å². The van der Waals surface area contributed by atoms with Gasteiger partial charge in [0, 0.05) is 19.0 Å². The number of piperidine rings is 1. The summed E-state index contributed by atoms with van der Waals surface area (Å²) in [5.41, 5.74) is 1.18. The van der Waals surface area contributed by atoms with Crippen LogP contribution in [0.4, 0.5) is 5.13 Å². The molecular formula is C18H23N7O2S. The molecule has 0 bridgehead atoms. The van der Waals surface area contributed by atoms with Crippen molar-refractivity contribution in [2.45, 2.75) is 32.9 Å². The second kappa shape index (κ2) is 7.80. The van der Waals surface area contributed by atoms with E-state index in [1.165, 1.54) is 46.0 Å². The predicted molar refractivity (Wildman–Crippen MR) is 107 cm³/mol. The van der Waals surface area contributed by atoms with Gasteiger partial charge in [-0.2, -0.15) is 5.10 Å². The highest BCUT2D eigenvalue weighted by Crippen LogP contribution is 2.21. The van der Waals surface area contributed by atoms with Gasteiger partial charge in [-0.15, -0.1) is 11.3 Å². The molecular weight excluding hydrogens is 378 g/mol. The molecule has 10 heteroatoms. The van der Waals surface area contributed by atoms with Crippen molar-refractivity contribution < 1.29 is 4.79 Å². The summed E-state index contributed by atoms with van der Waals surface area (Å²) < 4.78 is 2.81. The maximum atomic E-state index is 12.4. The minimum atomic E-state index is -0.306. The van der Waals surface area contributed by atoms with Crippen LogP contribution in [0, 0.1) is 5.92 Å². The SMILES string of the molecule is CC1CCN(Cc2csc(NC(=O)Cn3cnc4c(cnn4C)c3=O)n2)CC1. The molecule has 0 spiro atoms. The lowest BCUT2D eigenvalue weighted by molar-refractivity contribution is -0.116. The van der Waals surface area contributed by atoms with Gasteiger partial charge in [-0.25, -0.2) is 9.97 Å². The Bertz CT molecular complexity index is 1050. The van der Waals surface area contributed by atoms with E-state index in [2.05, 4.69) is 32.2 Å². The van der Waals surface area contributed by atoms with Gasteiger partial charge in [-0.05, 0) is 31.8 Å². The molecule has 0 aliphatic carbocycles. The number of thiazole rings is 1. The van der Waals surface area contributed by atoms with Crippen LogP contribution in [0.2, 0.25) is 0 Å². The smallest absolute Gasteiger partial charge is 0.264 e. The van der Waals surface area contributed by atoms with E-state index in [0.717, 1.165) is 31.2 Å². The normalized spacial score (nSPS) is 15.9. The Morgan fingerprint density at radius 1 is 1.36 bits per heavy atom. The van der Waals surface area contributed by atoms with Crippen molar-refractivity contribution in [3.05, 3.63) is 34.0 Å². The van der Waals surface area contributed by atoms with E-state index in [4.69, 9.17) is 0 Å². The quantitative estimate of drug-likeness (QED) is 0.695. The van der Waals surface area contributed by atoms with Crippen molar-refractivity contribution in [3.63, 3.8) is 0 Å². The van der Waals surface area contributed by atoms with E-state index < -0.39 is 0 Å². The largest absolute Gasteiger partial charge is 0.300 e. The van der Waals surface area contributed by atoms with Gasteiger partial charge in [0.05, 0.1) is 11.9 Å². The zero-order chi connectivity index (χ0) is 19.7. The molecule has 9 nitrogen and oxygen atoms in total. The number of hydrogen-bond donors (Lipinski definition) is 1. The number of carbonyl (C=O) groups is 1. The van der Waals surface area contributed by atoms with Gasteiger partial charge in [0.15, 0.2) is 10.8 Å². The molecule has 0 unspecified atom stereocenters. The first-order chi connectivity index (χ1) is 13.5. The fraction of sp³-hybridized carbons (Fsp3) is 0.500. The van der Waals surface area contributed by atoms with E-state index in [1.807, 2.05) is 5.38 Å². The van der Waals surface area contributed by atoms with Gasteiger partial charge in [0.1, 0.15) is 18.3 Å². The molecule has 1 amide bonds. The Balaban J connectivity index is 1.37. The van der Waals surface area contributed by atoms with Crippen LogP contribution < -0.4 is 10.9 Å². The molecule has 1 N–H and O–H groups in total. The molecule has 1 aliphatic heterocycles. The zero-order valence-electron chi connectivity index (χ0n) is 16.0. The number of anilines is 1. The molecule has 4 heterocycles. The number of nitrogens with one attached hydrogen (secondary N) is 1. The second-order valence-electron chi connectivity index (χ2n) is 7.33.